The Hall–Kier alpha value is -3.29. The molecule has 8 nitrogen and oxygen atoms in total. The summed E-state index contributed by atoms with van der Waals surface area (Å²) in [4.78, 5) is 34.9. The van der Waals surface area contributed by atoms with Crippen LogP contribution in [-0.4, -0.2) is 54.6 Å². The van der Waals surface area contributed by atoms with Gasteiger partial charge in [-0.05, 0) is 31.4 Å². The minimum atomic E-state index is -0.860. The second-order valence-corrected chi connectivity index (χ2v) is 7.49. The molecule has 0 aliphatic carbocycles. The van der Waals surface area contributed by atoms with Crippen LogP contribution in [0.5, 0.6) is 0 Å². The molecule has 150 valence electrons. The first-order valence-corrected chi connectivity index (χ1v) is 9.67. The minimum Gasteiger partial charge on any atom is -0.481 e. The van der Waals surface area contributed by atoms with Gasteiger partial charge in [0.2, 0.25) is 5.91 Å². The van der Waals surface area contributed by atoms with Gasteiger partial charge in [0, 0.05) is 36.8 Å². The van der Waals surface area contributed by atoms with E-state index in [1.165, 1.54) is 6.33 Å². The van der Waals surface area contributed by atoms with Crippen molar-refractivity contribution in [1.82, 2.24) is 24.5 Å². The van der Waals surface area contributed by atoms with E-state index in [0.29, 0.717) is 25.2 Å². The molecule has 2 aromatic heterocycles. The molecular formula is C21H23N5O3. The number of aromatic nitrogens is 4. The highest BCUT2D eigenvalue weighted by Crippen LogP contribution is 2.33. The fraction of sp³-hybridized carbons (Fsp3) is 0.381. The van der Waals surface area contributed by atoms with E-state index in [-0.39, 0.29) is 18.4 Å². The van der Waals surface area contributed by atoms with Crippen LogP contribution in [0.15, 0.2) is 36.7 Å². The first kappa shape index (κ1) is 19.0. The molecule has 1 saturated heterocycles. The molecule has 0 unspecified atom stereocenters. The van der Waals surface area contributed by atoms with Crippen molar-refractivity contribution in [3.05, 3.63) is 59.2 Å². The smallest absolute Gasteiger partial charge is 0.308 e. The van der Waals surface area contributed by atoms with Crippen LogP contribution >= 0.6 is 0 Å². The molecule has 1 aromatic carbocycles. The highest BCUT2D eigenvalue weighted by Gasteiger charge is 2.40. The van der Waals surface area contributed by atoms with E-state index in [2.05, 4.69) is 15.1 Å². The summed E-state index contributed by atoms with van der Waals surface area (Å²) >= 11 is 0. The minimum absolute atomic E-state index is 0.0350. The van der Waals surface area contributed by atoms with Gasteiger partial charge >= 0.3 is 5.97 Å². The number of likely N-dealkylation sites (tertiary alicyclic amines) is 1. The van der Waals surface area contributed by atoms with E-state index in [1.54, 1.807) is 9.42 Å². The summed E-state index contributed by atoms with van der Waals surface area (Å²) in [6.07, 6.45) is 2.30. The Labute approximate surface area is 168 Å². The highest BCUT2D eigenvalue weighted by atomic mass is 16.4. The quantitative estimate of drug-likeness (QED) is 0.712. The lowest BCUT2D eigenvalue weighted by Crippen LogP contribution is -2.30. The summed E-state index contributed by atoms with van der Waals surface area (Å²) in [5.41, 5.74) is 3.69. The van der Waals surface area contributed by atoms with Crippen molar-refractivity contribution in [1.29, 1.82) is 0 Å². The van der Waals surface area contributed by atoms with Crippen LogP contribution in [0.4, 0.5) is 0 Å². The molecule has 1 aliphatic heterocycles. The van der Waals surface area contributed by atoms with Gasteiger partial charge in [0.05, 0.1) is 5.92 Å². The molecule has 0 saturated carbocycles. The average molecular weight is 393 g/mol. The lowest BCUT2D eigenvalue weighted by Gasteiger charge is -2.17. The number of fused-ring (bicyclic) bond motifs is 1. The van der Waals surface area contributed by atoms with Crippen LogP contribution in [-0.2, 0) is 16.0 Å². The molecule has 0 bridgehead atoms. The third-order valence-corrected chi connectivity index (χ3v) is 5.80. The zero-order valence-electron chi connectivity index (χ0n) is 16.4. The number of hydrogen-bond donors (Lipinski definition) is 1. The number of hydrogen-bond acceptors (Lipinski definition) is 5. The van der Waals surface area contributed by atoms with Gasteiger partial charge in [-0.1, -0.05) is 30.3 Å². The monoisotopic (exact) mass is 393 g/mol. The van der Waals surface area contributed by atoms with Crippen LogP contribution in [0.3, 0.4) is 0 Å². The lowest BCUT2D eigenvalue weighted by atomic mass is 9.89. The molecule has 0 spiro atoms. The maximum absolute atomic E-state index is 12.9. The van der Waals surface area contributed by atoms with Crippen molar-refractivity contribution in [3.63, 3.8) is 0 Å². The van der Waals surface area contributed by atoms with Crippen molar-refractivity contribution >= 4 is 17.7 Å². The zero-order valence-corrected chi connectivity index (χ0v) is 16.4. The molecule has 1 fully saturated rings. The number of carbonyl (C=O) groups excluding carboxylic acids is 1. The van der Waals surface area contributed by atoms with Crippen molar-refractivity contribution in [2.24, 2.45) is 5.92 Å². The number of rotatable bonds is 5. The number of carboxylic acids is 1. The second kappa shape index (κ2) is 7.62. The maximum Gasteiger partial charge on any atom is 0.308 e. The van der Waals surface area contributed by atoms with Crippen molar-refractivity contribution < 1.29 is 14.7 Å². The van der Waals surface area contributed by atoms with Crippen LogP contribution in [0.25, 0.3) is 5.78 Å². The van der Waals surface area contributed by atoms with Crippen LogP contribution in [0.2, 0.25) is 0 Å². The summed E-state index contributed by atoms with van der Waals surface area (Å²) in [6.45, 7) is 4.52. The number of carbonyl (C=O) groups is 2. The molecule has 1 N–H and O–H groups in total. The Bertz CT molecular complexity index is 1060. The van der Waals surface area contributed by atoms with Crippen LogP contribution in [0, 0.1) is 19.8 Å². The molecule has 29 heavy (non-hydrogen) atoms. The predicted molar refractivity (Wildman–Crippen MR) is 105 cm³/mol. The molecule has 1 aliphatic rings. The van der Waals surface area contributed by atoms with Gasteiger partial charge in [-0.3, -0.25) is 9.59 Å². The normalized spacial score (nSPS) is 19.0. The SMILES string of the molecule is Cc1nc2ncnn2c(C)c1CCC(=O)N1C[C@H](C(=O)O)[C@H](c2ccccc2)C1. The van der Waals surface area contributed by atoms with E-state index in [4.69, 9.17) is 0 Å². The van der Waals surface area contributed by atoms with E-state index in [1.807, 2.05) is 44.2 Å². The number of benzene rings is 1. The average Bonchev–Trinajstić information content (AvgIpc) is 3.35. The fourth-order valence-corrected chi connectivity index (χ4v) is 4.20. The molecular weight excluding hydrogens is 370 g/mol. The van der Waals surface area contributed by atoms with Gasteiger partial charge in [-0.25, -0.2) is 9.50 Å². The summed E-state index contributed by atoms with van der Waals surface area (Å²) < 4.78 is 1.68. The maximum atomic E-state index is 12.9. The fourth-order valence-electron chi connectivity index (χ4n) is 4.20. The Morgan fingerprint density at radius 2 is 1.93 bits per heavy atom. The highest BCUT2D eigenvalue weighted by molar-refractivity contribution is 5.80. The summed E-state index contributed by atoms with van der Waals surface area (Å²) in [6, 6.07) is 9.57. The van der Waals surface area contributed by atoms with E-state index < -0.39 is 11.9 Å². The topological polar surface area (TPSA) is 101 Å². The van der Waals surface area contributed by atoms with Crippen molar-refractivity contribution in [2.45, 2.75) is 32.6 Å². The van der Waals surface area contributed by atoms with Gasteiger partial charge in [0.15, 0.2) is 0 Å². The standard InChI is InChI=1S/C21H23N5O3/c1-13-16(14(2)26-21(24-13)22-12-23-26)8-9-19(27)25-10-17(18(11-25)20(28)29)15-6-4-3-5-7-15/h3-7,12,17-18H,8-11H2,1-2H3,(H,28,29)/t17-,18-/m0/s1. The molecule has 1 amide bonds. The first-order valence-electron chi connectivity index (χ1n) is 9.67. The summed E-state index contributed by atoms with van der Waals surface area (Å²) in [5.74, 6) is -1.12. The Kier molecular flexibility index (Phi) is 5.00. The van der Waals surface area contributed by atoms with Crippen LogP contribution in [0.1, 0.15) is 34.9 Å². The Morgan fingerprint density at radius 3 is 2.66 bits per heavy atom. The zero-order chi connectivity index (χ0) is 20.5. The number of aliphatic carboxylic acids is 1. The van der Waals surface area contributed by atoms with Crippen LogP contribution < -0.4 is 0 Å². The summed E-state index contributed by atoms with van der Waals surface area (Å²) in [5, 5.41) is 13.8. The second-order valence-electron chi connectivity index (χ2n) is 7.49. The van der Waals surface area contributed by atoms with Gasteiger partial charge in [0.1, 0.15) is 6.33 Å². The number of carboxylic acid groups (broad SMARTS) is 1. The number of aryl methyl sites for hydroxylation is 2. The van der Waals surface area contributed by atoms with E-state index in [9.17, 15) is 14.7 Å². The molecule has 3 aromatic rings. The van der Waals surface area contributed by atoms with Crippen molar-refractivity contribution in [3.8, 4) is 0 Å². The largest absolute Gasteiger partial charge is 0.481 e. The van der Waals surface area contributed by atoms with Gasteiger partial charge < -0.3 is 10.0 Å². The van der Waals surface area contributed by atoms with Gasteiger partial charge in [-0.15, -0.1) is 0 Å². The van der Waals surface area contributed by atoms with E-state index in [0.717, 1.165) is 22.5 Å². The number of nitrogens with zero attached hydrogens (tertiary/aromatic N) is 5. The Balaban J connectivity index is 1.49. The summed E-state index contributed by atoms with van der Waals surface area (Å²) in [7, 11) is 0. The molecule has 8 heteroatoms. The van der Waals surface area contributed by atoms with Crippen molar-refractivity contribution in [2.75, 3.05) is 13.1 Å². The van der Waals surface area contributed by atoms with E-state index >= 15 is 0 Å². The number of amides is 1. The molecule has 0 radical (unpaired) electrons. The third-order valence-electron chi connectivity index (χ3n) is 5.80. The first-order chi connectivity index (χ1) is 14.0. The van der Waals surface area contributed by atoms with Gasteiger partial charge in [0.25, 0.3) is 5.78 Å². The molecule has 3 heterocycles. The Morgan fingerprint density at radius 1 is 1.17 bits per heavy atom. The molecule has 4 rings (SSSR count). The third kappa shape index (κ3) is 3.57. The predicted octanol–water partition coefficient (Wildman–Crippen LogP) is 2.00. The molecule has 2 atom stereocenters. The van der Waals surface area contributed by atoms with Gasteiger partial charge in [-0.2, -0.15) is 10.1 Å². The lowest BCUT2D eigenvalue weighted by molar-refractivity contribution is -0.141.